The standard InChI is InChI=1S/C17H22N2O/c1-4-9-19-17(14-7-10-18-11-8-14)16-6-5-15(20-3)12-13(16)2/h5-8,10-12,17,19H,4,9H2,1-3H3. The first-order valence-electron chi connectivity index (χ1n) is 7.04. The Hall–Kier alpha value is -1.87. The lowest BCUT2D eigenvalue weighted by molar-refractivity contribution is 0.414. The van der Waals surface area contributed by atoms with Crippen molar-refractivity contribution in [1.29, 1.82) is 0 Å². The van der Waals surface area contributed by atoms with Gasteiger partial charge in [0.05, 0.1) is 13.2 Å². The topological polar surface area (TPSA) is 34.2 Å². The summed E-state index contributed by atoms with van der Waals surface area (Å²) < 4.78 is 5.29. The first-order valence-corrected chi connectivity index (χ1v) is 7.04. The second kappa shape index (κ2) is 7.06. The smallest absolute Gasteiger partial charge is 0.119 e. The van der Waals surface area contributed by atoms with Crippen molar-refractivity contribution < 1.29 is 4.74 Å². The lowest BCUT2D eigenvalue weighted by atomic mass is 9.95. The third-order valence-corrected chi connectivity index (χ3v) is 3.43. The molecule has 0 aliphatic heterocycles. The van der Waals surface area contributed by atoms with E-state index in [-0.39, 0.29) is 6.04 Å². The number of rotatable bonds is 6. The van der Waals surface area contributed by atoms with Crippen LogP contribution >= 0.6 is 0 Å². The van der Waals surface area contributed by atoms with Crippen molar-refractivity contribution in [3.8, 4) is 5.75 Å². The van der Waals surface area contributed by atoms with Gasteiger partial charge in [0.25, 0.3) is 0 Å². The quantitative estimate of drug-likeness (QED) is 0.872. The van der Waals surface area contributed by atoms with Crippen molar-refractivity contribution in [2.75, 3.05) is 13.7 Å². The molecule has 2 aromatic rings. The van der Waals surface area contributed by atoms with Gasteiger partial charge in [-0.1, -0.05) is 13.0 Å². The Bertz CT molecular complexity index is 540. The zero-order valence-electron chi connectivity index (χ0n) is 12.4. The van der Waals surface area contributed by atoms with E-state index in [1.807, 2.05) is 18.5 Å². The Morgan fingerprint density at radius 3 is 2.55 bits per heavy atom. The fourth-order valence-corrected chi connectivity index (χ4v) is 2.35. The summed E-state index contributed by atoms with van der Waals surface area (Å²) in [4.78, 5) is 4.10. The average Bonchev–Trinajstić information content (AvgIpc) is 2.50. The summed E-state index contributed by atoms with van der Waals surface area (Å²) in [5.74, 6) is 0.898. The van der Waals surface area contributed by atoms with Crippen LogP contribution in [0.5, 0.6) is 5.75 Å². The molecule has 0 fully saturated rings. The maximum absolute atomic E-state index is 5.29. The van der Waals surface area contributed by atoms with Crippen LogP contribution in [-0.4, -0.2) is 18.6 Å². The molecule has 0 radical (unpaired) electrons. The van der Waals surface area contributed by atoms with E-state index in [0.29, 0.717) is 0 Å². The van der Waals surface area contributed by atoms with Gasteiger partial charge in [-0.2, -0.15) is 0 Å². The minimum Gasteiger partial charge on any atom is -0.497 e. The summed E-state index contributed by atoms with van der Waals surface area (Å²) in [5, 5.41) is 3.61. The first-order chi connectivity index (χ1) is 9.76. The Labute approximate surface area is 121 Å². The van der Waals surface area contributed by atoms with Gasteiger partial charge in [0.2, 0.25) is 0 Å². The summed E-state index contributed by atoms with van der Waals surface area (Å²) in [6.07, 6.45) is 4.79. The highest BCUT2D eigenvalue weighted by Crippen LogP contribution is 2.27. The number of ether oxygens (including phenoxy) is 1. The Morgan fingerprint density at radius 2 is 1.95 bits per heavy atom. The lowest BCUT2D eigenvalue weighted by Crippen LogP contribution is -2.24. The Morgan fingerprint density at radius 1 is 1.20 bits per heavy atom. The Balaban J connectivity index is 2.36. The fourth-order valence-electron chi connectivity index (χ4n) is 2.35. The molecule has 0 aliphatic carbocycles. The van der Waals surface area contributed by atoms with Gasteiger partial charge in [0, 0.05) is 12.4 Å². The molecule has 0 spiro atoms. The fraction of sp³-hybridized carbons (Fsp3) is 0.353. The summed E-state index contributed by atoms with van der Waals surface area (Å²) in [7, 11) is 1.70. The van der Waals surface area contributed by atoms with Crippen molar-refractivity contribution in [3.63, 3.8) is 0 Å². The number of aromatic nitrogens is 1. The third kappa shape index (κ3) is 3.36. The molecule has 0 bridgehead atoms. The molecule has 2 rings (SSSR count). The summed E-state index contributed by atoms with van der Waals surface area (Å²) in [5.41, 5.74) is 3.75. The van der Waals surface area contributed by atoms with E-state index in [4.69, 9.17) is 4.74 Å². The summed E-state index contributed by atoms with van der Waals surface area (Å²) in [6, 6.07) is 10.6. The molecule has 20 heavy (non-hydrogen) atoms. The highest BCUT2D eigenvalue weighted by atomic mass is 16.5. The molecule has 1 heterocycles. The van der Waals surface area contributed by atoms with Crippen LogP contribution in [0.2, 0.25) is 0 Å². The van der Waals surface area contributed by atoms with Crippen LogP contribution in [0.4, 0.5) is 0 Å². The molecular formula is C17H22N2O. The number of methoxy groups -OCH3 is 1. The highest BCUT2D eigenvalue weighted by molar-refractivity contribution is 5.40. The third-order valence-electron chi connectivity index (χ3n) is 3.43. The molecule has 1 aromatic carbocycles. The van der Waals surface area contributed by atoms with E-state index < -0.39 is 0 Å². The number of pyridine rings is 1. The maximum Gasteiger partial charge on any atom is 0.119 e. The number of nitrogens with one attached hydrogen (secondary N) is 1. The van der Waals surface area contributed by atoms with Crippen LogP contribution in [0, 0.1) is 6.92 Å². The zero-order chi connectivity index (χ0) is 14.4. The number of hydrogen-bond acceptors (Lipinski definition) is 3. The van der Waals surface area contributed by atoms with Crippen LogP contribution in [0.15, 0.2) is 42.7 Å². The molecule has 0 saturated carbocycles. The van der Waals surface area contributed by atoms with Gasteiger partial charge in [-0.3, -0.25) is 4.98 Å². The molecule has 1 N–H and O–H groups in total. The molecular weight excluding hydrogens is 248 g/mol. The zero-order valence-corrected chi connectivity index (χ0v) is 12.4. The molecule has 0 aliphatic rings. The van der Waals surface area contributed by atoms with Gasteiger partial charge < -0.3 is 10.1 Å². The maximum atomic E-state index is 5.29. The lowest BCUT2D eigenvalue weighted by Gasteiger charge is -2.21. The molecule has 0 saturated heterocycles. The number of aryl methyl sites for hydroxylation is 1. The van der Waals surface area contributed by atoms with Crippen molar-refractivity contribution in [2.24, 2.45) is 0 Å². The molecule has 1 atom stereocenters. The summed E-state index contributed by atoms with van der Waals surface area (Å²) >= 11 is 0. The van der Waals surface area contributed by atoms with E-state index in [9.17, 15) is 0 Å². The van der Waals surface area contributed by atoms with Gasteiger partial charge in [-0.15, -0.1) is 0 Å². The second-order valence-electron chi connectivity index (χ2n) is 4.89. The predicted molar refractivity (Wildman–Crippen MR) is 82.1 cm³/mol. The molecule has 1 aromatic heterocycles. The summed E-state index contributed by atoms with van der Waals surface area (Å²) in [6.45, 7) is 5.29. The van der Waals surface area contributed by atoms with Crippen LogP contribution in [-0.2, 0) is 0 Å². The highest BCUT2D eigenvalue weighted by Gasteiger charge is 2.15. The van der Waals surface area contributed by atoms with Gasteiger partial charge in [-0.25, -0.2) is 0 Å². The van der Waals surface area contributed by atoms with Crippen molar-refractivity contribution in [1.82, 2.24) is 10.3 Å². The number of nitrogens with zero attached hydrogens (tertiary/aromatic N) is 1. The van der Waals surface area contributed by atoms with Gasteiger partial charge in [0.1, 0.15) is 5.75 Å². The van der Waals surface area contributed by atoms with E-state index in [1.54, 1.807) is 7.11 Å². The minimum absolute atomic E-state index is 0.198. The van der Waals surface area contributed by atoms with Gasteiger partial charge in [-0.05, 0) is 60.8 Å². The minimum atomic E-state index is 0.198. The van der Waals surface area contributed by atoms with E-state index in [2.05, 4.69) is 48.4 Å². The van der Waals surface area contributed by atoms with Crippen LogP contribution < -0.4 is 10.1 Å². The van der Waals surface area contributed by atoms with Gasteiger partial charge in [0.15, 0.2) is 0 Å². The SMILES string of the molecule is CCCNC(c1ccncc1)c1ccc(OC)cc1C. The predicted octanol–water partition coefficient (Wildman–Crippen LogP) is 3.49. The van der Waals surface area contributed by atoms with Crippen LogP contribution in [0.1, 0.15) is 36.1 Å². The molecule has 3 nitrogen and oxygen atoms in total. The molecule has 3 heteroatoms. The van der Waals surface area contributed by atoms with Crippen LogP contribution in [0.3, 0.4) is 0 Å². The molecule has 0 amide bonds. The van der Waals surface area contributed by atoms with Crippen molar-refractivity contribution >= 4 is 0 Å². The Kier molecular flexibility index (Phi) is 5.13. The van der Waals surface area contributed by atoms with Crippen molar-refractivity contribution in [2.45, 2.75) is 26.3 Å². The normalized spacial score (nSPS) is 12.2. The van der Waals surface area contributed by atoms with E-state index >= 15 is 0 Å². The average molecular weight is 270 g/mol. The van der Waals surface area contributed by atoms with Crippen LogP contribution in [0.25, 0.3) is 0 Å². The van der Waals surface area contributed by atoms with Gasteiger partial charge >= 0.3 is 0 Å². The first kappa shape index (κ1) is 14.5. The molecule has 106 valence electrons. The largest absolute Gasteiger partial charge is 0.497 e. The molecule has 1 unspecified atom stereocenters. The number of hydrogen-bond donors (Lipinski definition) is 1. The van der Waals surface area contributed by atoms with E-state index in [1.165, 1.54) is 16.7 Å². The number of benzene rings is 1. The monoisotopic (exact) mass is 270 g/mol. The van der Waals surface area contributed by atoms with E-state index in [0.717, 1.165) is 18.7 Å². The second-order valence-corrected chi connectivity index (χ2v) is 4.89. The van der Waals surface area contributed by atoms with Crippen molar-refractivity contribution in [3.05, 3.63) is 59.4 Å².